The summed E-state index contributed by atoms with van der Waals surface area (Å²) in [5.41, 5.74) is 4.58. The van der Waals surface area contributed by atoms with E-state index in [1.165, 1.54) is 34.2 Å². The second-order valence-electron chi connectivity index (χ2n) is 5.17. The molecule has 0 bridgehead atoms. The van der Waals surface area contributed by atoms with Crippen LogP contribution in [0, 0.1) is 0 Å². The Morgan fingerprint density at radius 3 is 2.84 bits per heavy atom. The van der Waals surface area contributed by atoms with Crippen LogP contribution in [0.5, 0.6) is 0 Å². The molecule has 0 radical (unpaired) electrons. The molecule has 1 unspecified atom stereocenters. The zero-order valence-electron chi connectivity index (χ0n) is 11.1. The van der Waals surface area contributed by atoms with Crippen LogP contribution in [0.1, 0.15) is 34.0 Å². The van der Waals surface area contributed by atoms with Crippen molar-refractivity contribution in [2.24, 2.45) is 0 Å². The van der Waals surface area contributed by atoms with Crippen LogP contribution in [-0.2, 0) is 19.3 Å². The lowest BCUT2D eigenvalue weighted by Crippen LogP contribution is -2.17. The van der Waals surface area contributed by atoms with E-state index in [1.54, 1.807) is 11.1 Å². The number of hydrogen-bond donors (Lipinski definition) is 1. The van der Waals surface area contributed by atoms with Gasteiger partial charge in [-0.3, -0.25) is 0 Å². The van der Waals surface area contributed by atoms with Crippen LogP contribution in [0.3, 0.4) is 0 Å². The highest BCUT2D eigenvalue weighted by atomic mass is 79.9. The average molecular weight is 336 g/mol. The molecule has 1 heterocycles. The third-order valence-corrected chi connectivity index (χ3v) is 5.69. The summed E-state index contributed by atoms with van der Waals surface area (Å²) in [5, 5.41) is 5.59. The van der Waals surface area contributed by atoms with Crippen molar-refractivity contribution in [1.82, 2.24) is 5.32 Å². The summed E-state index contributed by atoms with van der Waals surface area (Å²) in [6.07, 6.45) is 4.92. The molecule has 19 heavy (non-hydrogen) atoms. The van der Waals surface area contributed by atoms with E-state index in [-0.39, 0.29) is 0 Å². The summed E-state index contributed by atoms with van der Waals surface area (Å²) in [4.78, 5) is 1.40. The Hall–Kier alpha value is -0.640. The highest BCUT2D eigenvalue weighted by Gasteiger charge is 2.15. The van der Waals surface area contributed by atoms with Crippen LogP contribution >= 0.6 is 27.3 Å². The van der Waals surface area contributed by atoms with Gasteiger partial charge < -0.3 is 5.32 Å². The molecule has 0 amide bonds. The van der Waals surface area contributed by atoms with E-state index >= 15 is 0 Å². The van der Waals surface area contributed by atoms with Crippen LogP contribution in [0.4, 0.5) is 0 Å². The minimum Gasteiger partial charge on any atom is -0.312 e. The van der Waals surface area contributed by atoms with Gasteiger partial charge >= 0.3 is 0 Å². The Bertz CT molecular complexity index is 576. The van der Waals surface area contributed by atoms with Gasteiger partial charge in [-0.1, -0.05) is 18.2 Å². The number of fused-ring (bicyclic) bond motifs is 1. The Labute approximate surface area is 127 Å². The second-order valence-corrected chi connectivity index (χ2v) is 7.03. The van der Waals surface area contributed by atoms with Gasteiger partial charge in [0.05, 0.1) is 0 Å². The third kappa shape index (κ3) is 2.93. The molecule has 1 aromatic carbocycles. The van der Waals surface area contributed by atoms with E-state index in [4.69, 9.17) is 0 Å². The quantitative estimate of drug-likeness (QED) is 0.867. The van der Waals surface area contributed by atoms with E-state index in [0.29, 0.717) is 6.04 Å². The molecule has 1 aliphatic carbocycles. The molecule has 3 heteroatoms. The number of likely N-dealkylation sites (N-methyl/N-ethyl adjacent to an activating group) is 1. The molecule has 1 atom stereocenters. The van der Waals surface area contributed by atoms with Gasteiger partial charge in [0.25, 0.3) is 0 Å². The summed E-state index contributed by atoms with van der Waals surface area (Å²) in [7, 11) is 2.05. The molecule has 1 aliphatic rings. The number of thiophene rings is 1. The van der Waals surface area contributed by atoms with Crippen molar-refractivity contribution in [2.45, 2.75) is 31.7 Å². The normalized spacial score (nSPS) is 15.5. The first-order chi connectivity index (χ1) is 9.26. The Morgan fingerprint density at radius 2 is 2.11 bits per heavy atom. The average Bonchev–Trinajstić information content (AvgIpc) is 3.04. The molecule has 1 nitrogen and oxygen atoms in total. The van der Waals surface area contributed by atoms with Crippen molar-refractivity contribution in [3.05, 3.63) is 55.7 Å². The number of nitrogens with one attached hydrogen (secondary N) is 1. The van der Waals surface area contributed by atoms with Gasteiger partial charge in [0, 0.05) is 20.8 Å². The van der Waals surface area contributed by atoms with Crippen molar-refractivity contribution in [1.29, 1.82) is 0 Å². The standard InChI is InChI=1S/C16H18BrNS/c1-18-15(16-9-14(17)10-19-16)8-11-5-6-12-3-2-4-13(12)7-11/h5-7,9-10,15,18H,2-4,8H2,1H3. The van der Waals surface area contributed by atoms with Crippen molar-refractivity contribution in [3.63, 3.8) is 0 Å². The molecule has 0 saturated carbocycles. The zero-order valence-corrected chi connectivity index (χ0v) is 13.5. The highest BCUT2D eigenvalue weighted by Crippen LogP contribution is 2.29. The van der Waals surface area contributed by atoms with Gasteiger partial charge in [0.1, 0.15) is 0 Å². The van der Waals surface area contributed by atoms with Crippen LogP contribution in [0.15, 0.2) is 34.1 Å². The SMILES string of the molecule is CNC(Cc1ccc2c(c1)CCC2)c1cc(Br)cs1. The van der Waals surface area contributed by atoms with E-state index in [9.17, 15) is 0 Å². The van der Waals surface area contributed by atoms with E-state index in [2.05, 4.69) is 50.9 Å². The summed E-state index contributed by atoms with van der Waals surface area (Å²) < 4.78 is 1.18. The molecular formula is C16H18BrNS. The fourth-order valence-corrected chi connectivity index (χ4v) is 4.40. The lowest BCUT2D eigenvalue weighted by Gasteiger charge is -2.15. The molecule has 0 fully saturated rings. The first-order valence-corrected chi connectivity index (χ1v) is 8.45. The Balaban J connectivity index is 1.79. The molecule has 1 aromatic heterocycles. The smallest absolute Gasteiger partial charge is 0.0453 e. The minimum absolute atomic E-state index is 0.413. The van der Waals surface area contributed by atoms with E-state index < -0.39 is 0 Å². The first kappa shape index (κ1) is 13.3. The van der Waals surface area contributed by atoms with Crippen molar-refractivity contribution < 1.29 is 0 Å². The number of aryl methyl sites for hydroxylation is 2. The molecule has 0 aliphatic heterocycles. The number of rotatable bonds is 4. The zero-order chi connectivity index (χ0) is 13.2. The maximum Gasteiger partial charge on any atom is 0.0453 e. The predicted octanol–water partition coefficient (Wildman–Crippen LogP) is 4.50. The summed E-state index contributed by atoms with van der Waals surface area (Å²) >= 11 is 5.36. The third-order valence-electron chi connectivity index (χ3n) is 3.88. The molecule has 100 valence electrons. The number of hydrogen-bond acceptors (Lipinski definition) is 2. The summed E-state index contributed by atoms with van der Waals surface area (Å²) in [6.45, 7) is 0. The van der Waals surface area contributed by atoms with Gasteiger partial charge in [0.2, 0.25) is 0 Å². The fourth-order valence-electron chi connectivity index (χ4n) is 2.84. The van der Waals surface area contributed by atoms with E-state index in [1.807, 2.05) is 18.4 Å². The minimum atomic E-state index is 0.413. The van der Waals surface area contributed by atoms with Crippen LogP contribution < -0.4 is 5.32 Å². The topological polar surface area (TPSA) is 12.0 Å². The fraction of sp³-hybridized carbons (Fsp3) is 0.375. The van der Waals surface area contributed by atoms with Crippen molar-refractivity contribution in [3.8, 4) is 0 Å². The van der Waals surface area contributed by atoms with Crippen molar-refractivity contribution >= 4 is 27.3 Å². The van der Waals surface area contributed by atoms with Gasteiger partial charge in [-0.2, -0.15) is 0 Å². The Morgan fingerprint density at radius 1 is 1.26 bits per heavy atom. The molecule has 0 saturated heterocycles. The Kier molecular flexibility index (Phi) is 4.06. The van der Waals surface area contributed by atoms with Crippen LogP contribution in [-0.4, -0.2) is 7.05 Å². The number of benzene rings is 1. The first-order valence-electron chi connectivity index (χ1n) is 6.78. The maximum atomic E-state index is 3.54. The molecule has 3 rings (SSSR count). The van der Waals surface area contributed by atoms with Gasteiger partial charge in [-0.25, -0.2) is 0 Å². The molecule has 0 spiro atoms. The highest BCUT2D eigenvalue weighted by molar-refractivity contribution is 9.10. The molecular weight excluding hydrogens is 318 g/mol. The van der Waals surface area contributed by atoms with E-state index in [0.717, 1.165) is 6.42 Å². The largest absolute Gasteiger partial charge is 0.312 e. The maximum absolute atomic E-state index is 3.54. The van der Waals surface area contributed by atoms with Gasteiger partial charge in [-0.15, -0.1) is 11.3 Å². The lowest BCUT2D eigenvalue weighted by atomic mass is 10.0. The second kappa shape index (κ2) is 5.78. The molecule has 2 aromatic rings. The van der Waals surface area contributed by atoms with Crippen LogP contribution in [0.25, 0.3) is 0 Å². The lowest BCUT2D eigenvalue weighted by molar-refractivity contribution is 0.602. The van der Waals surface area contributed by atoms with Crippen molar-refractivity contribution in [2.75, 3.05) is 7.05 Å². The number of halogens is 1. The van der Waals surface area contributed by atoms with Gasteiger partial charge in [0.15, 0.2) is 0 Å². The summed E-state index contributed by atoms with van der Waals surface area (Å²) in [6, 6.07) is 9.68. The molecule has 1 N–H and O–H groups in total. The predicted molar refractivity (Wildman–Crippen MR) is 86.0 cm³/mol. The van der Waals surface area contributed by atoms with Crippen LogP contribution in [0.2, 0.25) is 0 Å². The van der Waals surface area contributed by atoms with Gasteiger partial charge in [-0.05, 0) is 71.4 Å². The summed E-state index contributed by atoms with van der Waals surface area (Å²) in [5.74, 6) is 0. The monoisotopic (exact) mass is 335 g/mol.